The van der Waals surface area contributed by atoms with Crippen molar-refractivity contribution < 1.29 is 0 Å². The number of nitrogens with zero attached hydrogens (tertiary/aromatic N) is 2. The molecule has 0 saturated heterocycles. The van der Waals surface area contributed by atoms with Gasteiger partial charge in [0.05, 0.1) is 11.9 Å². The maximum Gasteiger partial charge on any atom is 0.0733 e. The van der Waals surface area contributed by atoms with Gasteiger partial charge in [-0.1, -0.05) is 94.1 Å². The van der Waals surface area contributed by atoms with E-state index in [1.165, 1.54) is 74.6 Å². The van der Waals surface area contributed by atoms with Gasteiger partial charge in [0.2, 0.25) is 0 Å². The number of unbranched alkanes of at least 4 members (excludes halogenated alkanes) is 2. The van der Waals surface area contributed by atoms with Gasteiger partial charge in [0, 0.05) is 5.92 Å². The summed E-state index contributed by atoms with van der Waals surface area (Å²) in [5.74, 6) is 1.44. The molecule has 0 spiro atoms. The fraction of sp³-hybridized carbons (Fsp3) is 0.500. The molecule has 30 heavy (non-hydrogen) atoms. The highest BCUT2D eigenvalue weighted by Gasteiger charge is 2.25. The van der Waals surface area contributed by atoms with Crippen LogP contribution in [0.5, 0.6) is 0 Å². The van der Waals surface area contributed by atoms with Gasteiger partial charge < -0.3 is 0 Å². The predicted octanol–water partition coefficient (Wildman–Crippen LogP) is 7.85. The second-order valence-corrected chi connectivity index (χ2v) is 8.80. The Labute approximate surface area is 183 Å². The van der Waals surface area contributed by atoms with E-state index in [4.69, 9.17) is 5.10 Å². The molecule has 160 valence electrons. The standard InChI is InChI=1S/C28H38N2/c1-3-5-10-23-14-16-25(17-15-23)22-29-30-28(26-12-8-7-9-13-26)27-20-18-24(19-21-27)11-6-4-2/h7-9,12-17,22,24,27H,3-6,10-11,18-21H2,1-2H3. The van der Waals surface area contributed by atoms with Crippen molar-refractivity contribution in [1.29, 1.82) is 0 Å². The molecule has 0 atom stereocenters. The van der Waals surface area contributed by atoms with Gasteiger partial charge in [-0.2, -0.15) is 10.2 Å². The average Bonchev–Trinajstić information content (AvgIpc) is 2.81. The van der Waals surface area contributed by atoms with Crippen molar-refractivity contribution in [2.45, 2.75) is 78.1 Å². The molecule has 2 aromatic rings. The number of benzene rings is 2. The molecule has 2 aromatic carbocycles. The monoisotopic (exact) mass is 402 g/mol. The van der Waals surface area contributed by atoms with Crippen molar-refractivity contribution in [3.05, 3.63) is 71.3 Å². The molecule has 0 aromatic heterocycles. The molecule has 1 aliphatic rings. The largest absolute Gasteiger partial charge is 0.158 e. The van der Waals surface area contributed by atoms with Crippen LogP contribution in [0, 0.1) is 11.8 Å². The number of hydrogen-bond donors (Lipinski definition) is 0. The van der Waals surface area contributed by atoms with Crippen LogP contribution in [-0.4, -0.2) is 11.9 Å². The fourth-order valence-corrected chi connectivity index (χ4v) is 4.51. The van der Waals surface area contributed by atoms with Crippen LogP contribution in [0.15, 0.2) is 64.8 Å². The number of aryl methyl sites for hydroxylation is 1. The maximum absolute atomic E-state index is 4.76. The first-order chi connectivity index (χ1) is 14.8. The summed E-state index contributed by atoms with van der Waals surface area (Å²) in [5, 5.41) is 9.28. The van der Waals surface area contributed by atoms with Crippen LogP contribution in [0.25, 0.3) is 0 Å². The molecule has 2 heteroatoms. The zero-order chi connectivity index (χ0) is 21.0. The SMILES string of the molecule is CCCCc1ccc(C=NN=C(c2ccccc2)C2CCC(CCCC)CC2)cc1. The Morgan fingerprint density at radius 3 is 2.23 bits per heavy atom. The van der Waals surface area contributed by atoms with E-state index < -0.39 is 0 Å². The fourth-order valence-electron chi connectivity index (χ4n) is 4.51. The first kappa shape index (κ1) is 22.5. The molecule has 0 radical (unpaired) electrons. The van der Waals surface area contributed by atoms with E-state index in [1.54, 1.807) is 0 Å². The third-order valence-corrected chi connectivity index (χ3v) is 6.44. The second kappa shape index (κ2) is 12.5. The van der Waals surface area contributed by atoms with Gasteiger partial charge in [-0.3, -0.25) is 0 Å². The Morgan fingerprint density at radius 2 is 1.57 bits per heavy atom. The van der Waals surface area contributed by atoms with Gasteiger partial charge in [-0.05, 0) is 61.1 Å². The minimum Gasteiger partial charge on any atom is -0.158 e. The Bertz CT molecular complexity index is 781. The molecular weight excluding hydrogens is 364 g/mol. The Hall–Kier alpha value is -2.22. The van der Waals surface area contributed by atoms with Crippen LogP contribution in [-0.2, 0) is 6.42 Å². The van der Waals surface area contributed by atoms with Crippen molar-refractivity contribution in [1.82, 2.24) is 0 Å². The summed E-state index contributed by atoms with van der Waals surface area (Å²) in [6.45, 7) is 4.53. The van der Waals surface area contributed by atoms with E-state index >= 15 is 0 Å². The lowest BCUT2D eigenvalue weighted by atomic mass is 9.76. The zero-order valence-electron chi connectivity index (χ0n) is 18.9. The maximum atomic E-state index is 4.76. The van der Waals surface area contributed by atoms with E-state index in [0.29, 0.717) is 5.92 Å². The summed E-state index contributed by atoms with van der Waals surface area (Å²) in [7, 11) is 0. The third-order valence-electron chi connectivity index (χ3n) is 6.44. The lowest BCUT2D eigenvalue weighted by molar-refractivity contribution is 0.301. The molecule has 0 heterocycles. The molecule has 1 fully saturated rings. The molecule has 3 rings (SSSR count). The molecule has 0 N–H and O–H groups in total. The first-order valence-electron chi connectivity index (χ1n) is 12.1. The van der Waals surface area contributed by atoms with E-state index in [-0.39, 0.29) is 0 Å². The van der Waals surface area contributed by atoms with Gasteiger partial charge in [-0.15, -0.1) is 0 Å². The second-order valence-electron chi connectivity index (χ2n) is 8.80. The van der Waals surface area contributed by atoms with Crippen LogP contribution in [0.4, 0.5) is 0 Å². The van der Waals surface area contributed by atoms with E-state index in [2.05, 4.69) is 73.5 Å². The highest BCUT2D eigenvalue weighted by atomic mass is 15.2. The lowest BCUT2D eigenvalue weighted by Crippen LogP contribution is -2.22. The van der Waals surface area contributed by atoms with E-state index in [0.717, 1.165) is 17.9 Å². The normalized spacial score (nSPS) is 20.0. The number of hydrogen-bond acceptors (Lipinski definition) is 2. The molecule has 1 saturated carbocycles. The Kier molecular flexibility index (Phi) is 9.34. The van der Waals surface area contributed by atoms with Gasteiger partial charge in [-0.25, -0.2) is 0 Å². The van der Waals surface area contributed by atoms with Crippen LogP contribution in [0.2, 0.25) is 0 Å². The summed E-state index contributed by atoms with van der Waals surface area (Å²) in [6, 6.07) is 19.4. The van der Waals surface area contributed by atoms with Crippen molar-refractivity contribution in [2.24, 2.45) is 22.0 Å². The van der Waals surface area contributed by atoms with E-state index in [9.17, 15) is 0 Å². The molecule has 0 aliphatic heterocycles. The van der Waals surface area contributed by atoms with E-state index in [1.807, 2.05) is 6.21 Å². The smallest absolute Gasteiger partial charge is 0.0733 e. The first-order valence-corrected chi connectivity index (χ1v) is 12.1. The van der Waals surface area contributed by atoms with Crippen molar-refractivity contribution in [3.63, 3.8) is 0 Å². The van der Waals surface area contributed by atoms with Crippen molar-refractivity contribution >= 4 is 11.9 Å². The summed E-state index contributed by atoms with van der Waals surface area (Å²) in [5.41, 5.74) is 4.92. The minimum absolute atomic E-state index is 0.527. The molecule has 0 unspecified atom stereocenters. The van der Waals surface area contributed by atoms with Crippen molar-refractivity contribution in [3.8, 4) is 0 Å². The quantitative estimate of drug-likeness (QED) is 0.285. The zero-order valence-corrected chi connectivity index (χ0v) is 18.9. The Balaban J connectivity index is 1.68. The summed E-state index contributed by atoms with van der Waals surface area (Å²) in [4.78, 5) is 0. The van der Waals surface area contributed by atoms with Gasteiger partial charge in [0.1, 0.15) is 0 Å². The molecule has 0 amide bonds. The molecule has 1 aliphatic carbocycles. The number of rotatable bonds is 10. The third kappa shape index (κ3) is 6.93. The van der Waals surface area contributed by atoms with Gasteiger partial charge in [0.25, 0.3) is 0 Å². The molecular formula is C28H38N2. The highest BCUT2D eigenvalue weighted by molar-refractivity contribution is 6.02. The average molecular weight is 403 g/mol. The molecule has 0 bridgehead atoms. The summed E-state index contributed by atoms with van der Waals surface area (Å²) in [6.07, 6.45) is 14.8. The van der Waals surface area contributed by atoms with Gasteiger partial charge >= 0.3 is 0 Å². The Morgan fingerprint density at radius 1 is 0.867 bits per heavy atom. The topological polar surface area (TPSA) is 24.7 Å². The van der Waals surface area contributed by atoms with Crippen LogP contribution in [0.3, 0.4) is 0 Å². The van der Waals surface area contributed by atoms with Crippen LogP contribution >= 0.6 is 0 Å². The van der Waals surface area contributed by atoms with Crippen LogP contribution < -0.4 is 0 Å². The highest BCUT2D eigenvalue weighted by Crippen LogP contribution is 2.34. The van der Waals surface area contributed by atoms with Crippen molar-refractivity contribution in [2.75, 3.05) is 0 Å². The summed E-state index contributed by atoms with van der Waals surface area (Å²) < 4.78 is 0. The lowest BCUT2D eigenvalue weighted by Gasteiger charge is -2.29. The minimum atomic E-state index is 0.527. The van der Waals surface area contributed by atoms with Gasteiger partial charge in [0.15, 0.2) is 0 Å². The summed E-state index contributed by atoms with van der Waals surface area (Å²) >= 11 is 0. The predicted molar refractivity (Wildman–Crippen MR) is 131 cm³/mol. The molecule has 2 nitrogen and oxygen atoms in total. The van der Waals surface area contributed by atoms with Crippen LogP contribution in [0.1, 0.15) is 88.3 Å².